The van der Waals surface area contributed by atoms with Crippen molar-refractivity contribution in [2.75, 3.05) is 18.2 Å². The quantitative estimate of drug-likeness (QED) is 0.489. The lowest BCUT2D eigenvalue weighted by Crippen LogP contribution is -2.10. The number of ether oxygens (including phenoxy) is 1. The Morgan fingerprint density at radius 3 is 2.74 bits per heavy atom. The minimum absolute atomic E-state index is 0.279. The molecule has 118 valence electrons. The second-order valence-corrected chi connectivity index (χ2v) is 6.58. The number of hydrogen-bond donors (Lipinski definition) is 1. The van der Waals surface area contributed by atoms with Crippen LogP contribution in [0.3, 0.4) is 0 Å². The van der Waals surface area contributed by atoms with Gasteiger partial charge in [0.1, 0.15) is 4.88 Å². The fourth-order valence-corrected chi connectivity index (χ4v) is 3.44. The van der Waals surface area contributed by atoms with E-state index in [9.17, 15) is 9.59 Å². The largest absolute Gasteiger partial charge is 0.465 e. The van der Waals surface area contributed by atoms with E-state index in [-0.39, 0.29) is 5.91 Å². The Morgan fingerprint density at radius 2 is 2.00 bits per heavy atom. The van der Waals surface area contributed by atoms with Crippen molar-refractivity contribution in [3.63, 3.8) is 0 Å². The summed E-state index contributed by atoms with van der Waals surface area (Å²) in [5.74, 6) is -0.0745. The van der Waals surface area contributed by atoms with Crippen molar-refractivity contribution in [3.05, 3.63) is 46.2 Å². The molecule has 0 aliphatic rings. The number of rotatable bonds is 6. The molecule has 2 rings (SSSR count). The van der Waals surface area contributed by atoms with Crippen molar-refractivity contribution < 1.29 is 14.3 Å². The van der Waals surface area contributed by atoms with E-state index in [1.54, 1.807) is 18.2 Å². The zero-order chi connectivity index (χ0) is 16.7. The first-order valence-corrected chi connectivity index (χ1v) is 8.54. The van der Waals surface area contributed by atoms with Gasteiger partial charge in [-0.3, -0.25) is 4.79 Å². The number of amides is 1. The summed E-state index contributed by atoms with van der Waals surface area (Å²) in [7, 11) is 1.30. The van der Waals surface area contributed by atoms with Gasteiger partial charge in [-0.1, -0.05) is 12.1 Å². The molecule has 0 aliphatic carbocycles. The predicted octanol–water partition coefficient (Wildman–Crippen LogP) is 3.79. The molecule has 1 amide bonds. The van der Waals surface area contributed by atoms with Crippen molar-refractivity contribution >= 4 is 40.7 Å². The topological polar surface area (TPSA) is 79.2 Å². The SMILES string of the molecule is COC(=O)c1ccc(C(=O)Nc2ccccc2SCCC#N)s1. The number of thioether (sulfide) groups is 1. The zero-order valence-corrected chi connectivity index (χ0v) is 14.0. The number of esters is 1. The highest BCUT2D eigenvalue weighted by Gasteiger charge is 2.15. The van der Waals surface area contributed by atoms with Gasteiger partial charge in [0.15, 0.2) is 0 Å². The Labute approximate surface area is 142 Å². The molecule has 0 bridgehead atoms. The van der Waals surface area contributed by atoms with Gasteiger partial charge in [0.05, 0.1) is 23.7 Å². The normalized spacial score (nSPS) is 9.91. The highest BCUT2D eigenvalue weighted by Crippen LogP contribution is 2.28. The van der Waals surface area contributed by atoms with Crippen LogP contribution in [0.2, 0.25) is 0 Å². The fraction of sp³-hybridized carbons (Fsp3) is 0.188. The second kappa shape index (κ2) is 8.36. The highest BCUT2D eigenvalue weighted by atomic mass is 32.2. The van der Waals surface area contributed by atoms with Crippen LogP contribution in [0.15, 0.2) is 41.3 Å². The lowest BCUT2D eigenvalue weighted by Gasteiger charge is -2.09. The predicted molar refractivity (Wildman–Crippen MR) is 91.0 cm³/mol. The number of benzene rings is 1. The number of anilines is 1. The number of methoxy groups -OCH3 is 1. The van der Waals surface area contributed by atoms with Gasteiger partial charge in [0.2, 0.25) is 0 Å². The first kappa shape index (κ1) is 17.1. The summed E-state index contributed by atoms with van der Waals surface area (Å²) < 4.78 is 4.63. The van der Waals surface area contributed by atoms with Crippen molar-refractivity contribution in [3.8, 4) is 6.07 Å². The average Bonchev–Trinajstić information content (AvgIpc) is 3.06. The van der Waals surface area contributed by atoms with Gasteiger partial charge in [-0.15, -0.1) is 23.1 Å². The van der Waals surface area contributed by atoms with E-state index < -0.39 is 5.97 Å². The molecule has 23 heavy (non-hydrogen) atoms. The molecule has 1 heterocycles. The lowest BCUT2D eigenvalue weighted by molar-refractivity contribution is 0.0606. The Bertz CT molecular complexity index is 750. The van der Waals surface area contributed by atoms with Gasteiger partial charge in [-0.05, 0) is 24.3 Å². The van der Waals surface area contributed by atoms with Crippen molar-refractivity contribution in [2.24, 2.45) is 0 Å². The van der Waals surface area contributed by atoms with Crippen LogP contribution in [-0.2, 0) is 4.74 Å². The molecule has 1 aromatic carbocycles. The Hall–Kier alpha value is -2.30. The molecule has 0 fully saturated rings. The lowest BCUT2D eigenvalue weighted by atomic mass is 10.3. The van der Waals surface area contributed by atoms with E-state index in [2.05, 4.69) is 16.1 Å². The van der Waals surface area contributed by atoms with Gasteiger partial charge >= 0.3 is 5.97 Å². The van der Waals surface area contributed by atoms with Gasteiger partial charge in [-0.25, -0.2) is 4.79 Å². The van der Waals surface area contributed by atoms with Crippen molar-refractivity contribution in [1.82, 2.24) is 0 Å². The third-order valence-electron chi connectivity index (χ3n) is 2.82. The first-order valence-electron chi connectivity index (χ1n) is 6.74. The molecule has 7 heteroatoms. The molecule has 2 aromatic rings. The Kier molecular flexibility index (Phi) is 6.20. The fourth-order valence-electron chi connectivity index (χ4n) is 1.76. The zero-order valence-electron chi connectivity index (χ0n) is 12.4. The number of nitrogens with zero attached hydrogens (tertiary/aromatic N) is 1. The minimum Gasteiger partial charge on any atom is -0.465 e. The van der Waals surface area contributed by atoms with Crippen molar-refractivity contribution in [1.29, 1.82) is 5.26 Å². The summed E-state index contributed by atoms with van der Waals surface area (Å²) in [6.07, 6.45) is 0.445. The molecular formula is C16H14N2O3S2. The Balaban J connectivity index is 2.09. The molecule has 5 nitrogen and oxygen atoms in total. The number of hydrogen-bond acceptors (Lipinski definition) is 6. The maximum absolute atomic E-state index is 12.3. The number of nitriles is 1. The summed E-state index contributed by atoms with van der Waals surface area (Å²) in [5.41, 5.74) is 0.688. The smallest absolute Gasteiger partial charge is 0.348 e. The molecule has 0 saturated carbocycles. The van der Waals surface area contributed by atoms with Gasteiger partial charge in [0.25, 0.3) is 5.91 Å². The number of carbonyl (C=O) groups excluding carboxylic acids is 2. The van der Waals surface area contributed by atoms with Crippen LogP contribution in [0.1, 0.15) is 25.8 Å². The standard InChI is InChI=1S/C16H14N2O3S2/c1-21-16(20)14-8-7-13(23-14)15(19)18-11-5-2-3-6-12(11)22-10-4-9-17/h2-3,5-8H,4,10H2,1H3,(H,18,19). The van der Waals surface area contributed by atoms with Crippen LogP contribution in [0, 0.1) is 11.3 Å². The Morgan fingerprint density at radius 1 is 1.26 bits per heavy atom. The monoisotopic (exact) mass is 346 g/mol. The summed E-state index contributed by atoms with van der Waals surface area (Å²) >= 11 is 2.60. The third-order valence-corrected chi connectivity index (χ3v) is 4.96. The highest BCUT2D eigenvalue weighted by molar-refractivity contribution is 7.99. The molecule has 0 saturated heterocycles. The molecule has 0 atom stereocenters. The van der Waals surface area contributed by atoms with Crippen LogP contribution in [0.25, 0.3) is 0 Å². The average molecular weight is 346 g/mol. The number of nitrogens with one attached hydrogen (secondary N) is 1. The maximum Gasteiger partial charge on any atom is 0.348 e. The number of para-hydroxylation sites is 1. The second-order valence-electron chi connectivity index (χ2n) is 4.36. The molecule has 0 radical (unpaired) electrons. The van der Waals surface area contributed by atoms with Crippen LogP contribution >= 0.6 is 23.1 Å². The summed E-state index contributed by atoms with van der Waals surface area (Å²) in [6, 6.07) is 12.7. The summed E-state index contributed by atoms with van der Waals surface area (Å²) in [6.45, 7) is 0. The van der Waals surface area contributed by atoms with Crippen LogP contribution in [-0.4, -0.2) is 24.7 Å². The molecular weight excluding hydrogens is 332 g/mol. The molecule has 1 aromatic heterocycles. The van der Waals surface area contributed by atoms with E-state index >= 15 is 0 Å². The molecule has 1 N–H and O–H groups in total. The van der Waals surface area contributed by atoms with Crippen LogP contribution in [0.4, 0.5) is 5.69 Å². The minimum atomic E-state index is -0.457. The van der Waals surface area contributed by atoms with Gasteiger partial charge in [0, 0.05) is 17.1 Å². The third kappa shape index (κ3) is 4.58. The maximum atomic E-state index is 12.3. The van der Waals surface area contributed by atoms with E-state index in [1.807, 2.05) is 18.2 Å². The molecule has 0 aliphatic heterocycles. The van der Waals surface area contributed by atoms with E-state index in [0.717, 1.165) is 16.2 Å². The van der Waals surface area contributed by atoms with Gasteiger partial charge in [-0.2, -0.15) is 5.26 Å². The van der Waals surface area contributed by atoms with E-state index in [1.165, 1.54) is 18.9 Å². The first-order chi connectivity index (χ1) is 11.2. The molecule has 0 spiro atoms. The van der Waals surface area contributed by atoms with E-state index in [0.29, 0.717) is 27.6 Å². The van der Waals surface area contributed by atoms with Crippen LogP contribution < -0.4 is 5.32 Å². The van der Waals surface area contributed by atoms with Gasteiger partial charge < -0.3 is 10.1 Å². The molecule has 0 unspecified atom stereocenters. The number of thiophene rings is 1. The summed E-state index contributed by atoms with van der Waals surface area (Å²) in [5, 5.41) is 11.4. The number of carbonyl (C=O) groups is 2. The summed E-state index contributed by atoms with van der Waals surface area (Å²) in [4.78, 5) is 25.5. The van der Waals surface area contributed by atoms with Crippen LogP contribution in [0.5, 0.6) is 0 Å². The van der Waals surface area contributed by atoms with E-state index in [4.69, 9.17) is 5.26 Å². The van der Waals surface area contributed by atoms with Crippen molar-refractivity contribution in [2.45, 2.75) is 11.3 Å².